The van der Waals surface area contributed by atoms with Gasteiger partial charge in [-0.3, -0.25) is 9.48 Å². The van der Waals surface area contributed by atoms with E-state index in [9.17, 15) is 9.69 Å². The summed E-state index contributed by atoms with van der Waals surface area (Å²) in [4.78, 5) is 21.2. The van der Waals surface area contributed by atoms with Crippen molar-refractivity contribution in [3.8, 4) is 0 Å². The minimum atomic E-state index is -3.04. The molecule has 1 atom stereocenters. The van der Waals surface area contributed by atoms with E-state index in [1.165, 1.54) is 7.11 Å². The summed E-state index contributed by atoms with van der Waals surface area (Å²) in [5.74, 6) is -0.0296. The van der Waals surface area contributed by atoms with Crippen molar-refractivity contribution in [1.29, 1.82) is 0 Å². The van der Waals surface area contributed by atoms with Crippen LogP contribution in [0.5, 0.6) is 0 Å². The molecule has 1 unspecified atom stereocenters. The second-order valence-electron chi connectivity index (χ2n) is 7.88. The molecule has 15 heteroatoms. The van der Waals surface area contributed by atoms with Crippen LogP contribution in [0.2, 0.25) is 0 Å². The highest BCUT2D eigenvalue weighted by atomic mass is 32.5. The predicted octanol–water partition coefficient (Wildman–Crippen LogP) is 1.34. The molecule has 0 spiro atoms. The van der Waals surface area contributed by atoms with E-state index < -0.39 is 6.72 Å². The molecular weight excluding hydrogens is 527 g/mol. The van der Waals surface area contributed by atoms with E-state index in [2.05, 4.69) is 15.6 Å². The zero-order valence-corrected chi connectivity index (χ0v) is 23.7. The van der Waals surface area contributed by atoms with Gasteiger partial charge in [-0.1, -0.05) is 18.1 Å². The Bertz CT molecular complexity index is 745. The fourth-order valence-corrected chi connectivity index (χ4v) is 3.50. The van der Waals surface area contributed by atoms with Crippen molar-refractivity contribution in [2.75, 3.05) is 79.7 Å². The third-order valence-corrected chi connectivity index (χ3v) is 6.47. The summed E-state index contributed by atoms with van der Waals surface area (Å²) in [6.07, 6.45) is 5.68. The number of rotatable bonds is 26. The number of aromatic nitrogens is 3. The molecule has 1 aromatic rings. The van der Waals surface area contributed by atoms with Gasteiger partial charge in [0, 0.05) is 27.1 Å². The highest BCUT2D eigenvalue weighted by Gasteiger charge is 2.11. The van der Waals surface area contributed by atoms with Crippen molar-refractivity contribution in [2.24, 2.45) is 7.05 Å². The van der Waals surface area contributed by atoms with Gasteiger partial charge >= 0.3 is 6.72 Å². The Morgan fingerprint density at radius 2 is 1.49 bits per heavy atom. The van der Waals surface area contributed by atoms with E-state index >= 15 is 0 Å². The highest BCUT2D eigenvalue weighted by molar-refractivity contribution is 8.07. The van der Waals surface area contributed by atoms with Gasteiger partial charge in [-0.25, -0.2) is 0 Å². The third-order valence-electron chi connectivity index (χ3n) is 4.74. The first-order valence-corrected chi connectivity index (χ1v) is 15.1. The molecule has 1 amide bonds. The summed E-state index contributed by atoms with van der Waals surface area (Å²) in [6, 6.07) is 0. The number of ether oxygens (including phenoxy) is 5. The fraction of sp³-hybridized carbons (Fsp3) is 0.864. The number of carbonyl (C=O) groups is 1. The summed E-state index contributed by atoms with van der Waals surface area (Å²) in [6.45, 7) is 2.51. The molecule has 216 valence electrons. The Hall–Kier alpha value is -1.06. The van der Waals surface area contributed by atoms with E-state index in [1.54, 1.807) is 4.68 Å². The third kappa shape index (κ3) is 21.6. The van der Waals surface area contributed by atoms with Crippen molar-refractivity contribution >= 4 is 24.4 Å². The van der Waals surface area contributed by atoms with Gasteiger partial charge in [0.1, 0.15) is 5.69 Å². The first kappa shape index (κ1) is 34.0. The van der Waals surface area contributed by atoms with Crippen molar-refractivity contribution in [1.82, 2.24) is 20.3 Å². The van der Waals surface area contributed by atoms with Gasteiger partial charge in [0.15, 0.2) is 0 Å². The molecule has 0 aliphatic carbocycles. The van der Waals surface area contributed by atoms with Gasteiger partial charge in [-0.05, 0) is 24.6 Å². The highest BCUT2D eigenvalue weighted by Crippen LogP contribution is 2.42. The van der Waals surface area contributed by atoms with Crippen LogP contribution >= 0.6 is 6.72 Å². The van der Waals surface area contributed by atoms with Crippen molar-refractivity contribution < 1.29 is 42.4 Å². The average molecular weight is 571 g/mol. The second-order valence-corrected chi connectivity index (χ2v) is 10.8. The number of amides is 1. The summed E-state index contributed by atoms with van der Waals surface area (Å²) in [5, 5.41) is 10.6. The van der Waals surface area contributed by atoms with Crippen LogP contribution in [-0.4, -0.2) is 106 Å². The van der Waals surface area contributed by atoms with Crippen LogP contribution in [0.4, 0.5) is 0 Å². The predicted molar refractivity (Wildman–Crippen MR) is 139 cm³/mol. The number of nitrogens with zero attached hydrogens (tertiary/aromatic N) is 3. The lowest BCUT2D eigenvalue weighted by Crippen LogP contribution is -2.25. The average Bonchev–Trinajstić information content (AvgIpc) is 3.30. The summed E-state index contributed by atoms with van der Waals surface area (Å²) < 4.78 is 38.6. The van der Waals surface area contributed by atoms with Gasteiger partial charge < -0.3 is 42.9 Å². The zero-order valence-electron chi connectivity index (χ0n) is 22.0. The number of hydrogen-bond donors (Lipinski definition) is 2. The Morgan fingerprint density at radius 1 is 0.919 bits per heavy atom. The minimum Gasteiger partial charge on any atom is -0.379 e. The molecule has 2 N–H and O–H groups in total. The van der Waals surface area contributed by atoms with Crippen LogP contribution in [0.15, 0.2) is 6.20 Å². The molecule has 1 heterocycles. The molecule has 1 rings (SSSR count). The fourth-order valence-electron chi connectivity index (χ4n) is 2.81. The standard InChI is InChI=1S/C22H43N4O9PS/c1-26-19-21(24-25-26)20-34-18-17-33-16-15-32-14-13-31-12-11-30-10-7-22(27)23-8-5-3-4-6-9-35-36(28,37)29-2/h19H,3-18,20H2,1-2H3,(H,23,27)(H,28,37). The first-order chi connectivity index (χ1) is 17.9. The number of carbonyl (C=O) groups excluding carboxylic acids is 1. The van der Waals surface area contributed by atoms with Crippen molar-refractivity contribution in [2.45, 2.75) is 38.7 Å². The van der Waals surface area contributed by atoms with Gasteiger partial charge in [0.25, 0.3) is 0 Å². The zero-order chi connectivity index (χ0) is 27.0. The molecule has 1 aromatic heterocycles. The van der Waals surface area contributed by atoms with Gasteiger partial charge in [-0.2, -0.15) is 0 Å². The number of nitrogens with one attached hydrogen (secondary N) is 1. The van der Waals surface area contributed by atoms with Crippen LogP contribution in [0.1, 0.15) is 37.8 Å². The van der Waals surface area contributed by atoms with Crippen LogP contribution < -0.4 is 5.32 Å². The lowest BCUT2D eigenvalue weighted by molar-refractivity contribution is -0.122. The molecule has 0 aliphatic heterocycles. The van der Waals surface area contributed by atoms with Gasteiger partial charge in [-0.15, -0.1) is 5.10 Å². The molecule has 37 heavy (non-hydrogen) atoms. The van der Waals surface area contributed by atoms with E-state index in [4.69, 9.17) is 44.5 Å². The SMILES string of the molecule is COP(O)(=S)OCCCCCCNC(=O)CCOCCOCCOCCOCCOCc1cn(C)nn1. The van der Waals surface area contributed by atoms with Gasteiger partial charge in [0.2, 0.25) is 5.91 Å². The van der Waals surface area contributed by atoms with E-state index in [-0.39, 0.29) is 5.91 Å². The molecule has 0 radical (unpaired) electrons. The van der Waals surface area contributed by atoms with Gasteiger partial charge in [0.05, 0.1) is 78.9 Å². The molecular formula is C22H43N4O9PS. The second kappa shape index (κ2) is 22.9. The van der Waals surface area contributed by atoms with E-state index in [0.29, 0.717) is 85.6 Å². The summed E-state index contributed by atoms with van der Waals surface area (Å²) >= 11 is 4.75. The monoisotopic (exact) mass is 570 g/mol. The molecule has 0 fully saturated rings. The quantitative estimate of drug-likeness (QED) is 0.122. The molecule has 13 nitrogen and oxygen atoms in total. The molecule has 0 aromatic carbocycles. The van der Waals surface area contributed by atoms with Crippen molar-refractivity contribution in [3.63, 3.8) is 0 Å². The maximum atomic E-state index is 11.8. The Balaban J connectivity index is 1.72. The maximum Gasteiger partial charge on any atom is 0.324 e. The maximum absolute atomic E-state index is 11.8. The Morgan fingerprint density at radius 3 is 2.05 bits per heavy atom. The first-order valence-electron chi connectivity index (χ1n) is 12.5. The van der Waals surface area contributed by atoms with Crippen LogP contribution in [0.3, 0.4) is 0 Å². The summed E-state index contributed by atoms with van der Waals surface area (Å²) in [5.41, 5.74) is 0.789. The Labute approximate surface area is 224 Å². The van der Waals surface area contributed by atoms with E-state index in [0.717, 1.165) is 31.4 Å². The normalized spacial score (nSPS) is 13.1. The van der Waals surface area contributed by atoms with Crippen LogP contribution in [0, 0.1) is 0 Å². The Kier molecular flexibility index (Phi) is 21.0. The molecule has 0 aliphatic rings. The number of aryl methyl sites for hydroxylation is 1. The van der Waals surface area contributed by atoms with Crippen LogP contribution in [0.25, 0.3) is 0 Å². The van der Waals surface area contributed by atoms with Crippen molar-refractivity contribution in [3.05, 3.63) is 11.9 Å². The number of hydrogen-bond acceptors (Lipinski definition) is 11. The van der Waals surface area contributed by atoms with E-state index in [1.807, 2.05) is 13.2 Å². The molecule has 0 saturated carbocycles. The largest absolute Gasteiger partial charge is 0.379 e. The smallest absolute Gasteiger partial charge is 0.324 e. The lowest BCUT2D eigenvalue weighted by Gasteiger charge is -2.12. The summed E-state index contributed by atoms with van der Waals surface area (Å²) in [7, 11) is 3.15. The number of unbranched alkanes of at least 4 members (excludes halogenated alkanes) is 3. The minimum absolute atomic E-state index is 0.0296. The topological polar surface area (TPSA) is 145 Å². The lowest BCUT2D eigenvalue weighted by atomic mass is 10.2. The molecule has 0 bridgehead atoms. The van der Waals surface area contributed by atoms with Crippen LogP contribution in [-0.2, 0) is 63.0 Å². The molecule has 0 saturated heterocycles.